The quantitative estimate of drug-likeness (QED) is 0.613. The summed E-state index contributed by atoms with van der Waals surface area (Å²) in [6, 6.07) is 13.6. The minimum absolute atomic E-state index is 0.0583. The SMILES string of the molecule is O=S(=O)(OCCOCCO)c1ccccc1.c1ccncc1. The van der Waals surface area contributed by atoms with Crippen LogP contribution in [0.25, 0.3) is 0 Å². The minimum atomic E-state index is -3.69. The lowest BCUT2D eigenvalue weighted by Crippen LogP contribution is -2.12. The van der Waals surface area contributed by atoms with Crippen molar-refractivity contribution >= 4 is 10.1 Å². The van der Waals surface area contributed by atoms with E-state index in [-0.39, 0.29) is 31.3 Å². The highest BCUT2D eigenvalue weighted by molar-refractivity contribution is 7.86. The molecule has 0 atom stereocenters. The fraction of sp³-hybridized carbons (Fsp3) is 0.267. The van der Waals surface area contributed by atoms with Gasteiger partial charge in [-0.3, -0.25) is 9.17 Å². The molecule has 0 saturated carbocycles. The summed E-state index contributed by atoms with van der Waals surface area (Å²) in [7, 11) is -3.69. The molecule has 0 spiro atoms. The van der Waals surface area contributed by atoms with Crippen molar-refractivity contribution in [1.82, 2.24) is 4.98 Å². The topological polar surface area (TPSA) is 85.7 Å². The molecule has 6 nitrogen and oxygen atoms in total. The van der Waals surface area contributed by atoms with E-state index in [1.807, 2.05) is 18.2 Å². The van der Waals surface area contributed by atoms with Gasteiger partial charge in [0, 0.05) is 12.4 Å². The fourth-order valence-electron chi connectivity index (χ4n) is 1.34. The molecule has 0 amide bonds. The van der Waals surface area contributed by atoms with Crippen molar-refractivity contribution < 1.29 is 22.4 Å². The van der Waals surface area contributed by atoms with Gasteiger partial charge in [-0.25, -0.2) is 0 Å². The molecule has 1 aromatic carbocycles. The van der Waals surface area contributed by atoms with Gasteiger partial charge in [0.15, 0.2) is 0 Å². The molecule has 0 aliphatic rings. The predicted molar refractivity (Wildman–Crippen MR) is 81.7 cm³/mol. The van der Waals surface area contributed by atoms with Crippen molar-refractivity contribution in [1.29, 1.82) is 0 Å². The third kappa shape index (κ3) is 7.84. The molecule has 1 N–H and O–H groups in total. The lowest BCUT2D eigenvalue weighted by Gasteiger charge is -2.05. The van der Waals surface area contributed by atoms with Gasteiger partial charge >= 0.3 is 0 Å². The van der Waals surface area contributed by atoms with Crippen LogP contribution in [0.5, 0.6) is 0 Å². The van der Waals surface area contributed by atoms with Gasteiger partial charge in [0.2, 0.25) is 0 Å². The summed E-state index contributed by atoms with van der Waals surface area (Å²) in [5.41, 5.74) is 0. The number of nitrogens with zero attached hydrogens (tertiary/aromatic N) is 1. The Morgan fingerprint density at radius 3 is 2.05 bits per heavy atom. The number of benzene rings is 1. The fourth-order valence-corrected chi connectivity index (χ4v) is 2.25. The van der Waals surface area contributed by atoms with E-state index in [9.17, 15) is 8.42 Å². The Kier molecular flexibility index (Phi) is 9.01. The summed E-state index contributed by atoms with van der Waals surface area (Å²) in [5, 5.41) is 8.42. The second-order valence-electron chi connectivity index (χ2n) is 3.95. The minimum Gasteiger partial charge on any atom is -0.394 e. The van der Waals surface area contributed by atoms with Crippen LogP contribution in [0.2, 0.25) is 0 Å². The van der Waals surface area contributed by atoms with E-state index < -0.39 is 10.1 Å². The van der Waals surface area contributed by atoms with Crippen molar-refractivity contribution in [2.24, 2.45) is 0 Å². The predicted octanol–water partition coefficient (Wildman–Crippen LogP) is 1.48. The van der Waals surface area contributed by atoms with Gasteiger partial charge in [0.05, 0.1) is 31.3 Å². The van der Waals surface area contributed by atoms with Crippen LogP contribution in [0.1, 0.15) is 0 Å². The van der Waals surface area contributed by atoms with Crippen LogP contribution in [0.15, 0.2) is 65.8 Å². The van der Waals surface area contributed by atoms with Crippen molar-refractivity contribution in [2.45, 2.75) is 4.90 Å². The number of aliphatic hydroxyl groups is 1. The third-order valence-corrected chi connectivity index (χ3v) is 3.63. The maximum absolute atomic E-state index is 11.5. The zero-order valence-corrected chi connectivity index (χ0v) is 12.9. The lowest BCUT2D eigenvalue weighted by atomic mass is 10.4. The average Bonchev–Trinajstić information content (AvgIpc) is 2.58. The molecule has 0 unspecified atom stereocenters. The van der Waals surface area contributed by atoms with E-state index in [0.29, 0.717) is 0 Å². The largest absolute Gasteiger partial charge is 0.394 e. The van der Waals surface area contributed by atoms with Gasteiger partial charge in [-0.2, -0.15) is 8.42 Å². The molecule has 0 bridgehead atoms. The monoisotopic (exact) mass is 325 g/mol. The average molecular weight is 325 g/mol. The summed E-state index contributed by atoms with van der Waals surface area (Å²) in [6.07, 6.45) is 3.50. The van der Waals surface area contributed by atoms with Gasteiger partial charge in [0.25, 0.3) is 10.1 Å². The van der Waals surface area contributed by atoms with Crippen molar-refractivity contribution in [3.05, 3.63) is 60.9 Å². The van der Waals surface area contributed by atoms with E-state index in [0.717, 1.165) is 0 Å². The van der Waals surface area contributed by atoms with E-state index in [1.165, 1.54) is 12.1 Å². The number of ether oxygens (including phenoxy) is 1. The normalized spacial score (nSPS) is 10.6. The van der Waals surface area contributed by atoms with Crippen molar-refractivity contribution in [3.8, 4) is 0 Å². The molecule has 0 fully saturated rings. The molecule has 0 saturated heterocycles. The number of aromatic nitrogens is 1. The van der Waals surface area contributed by atoms with Crippen LogP contribution in [0, 0.1) is 0 Å². The first-order valence-corrected chi connectivity index (χ1v) is 8.06. The van der Waals surface area contributed by atoms with Crippen LogP contribution in [-0.2, 0) is 19.0 Å². The Morgan fingerprint density at radius 1 is 0.909 bits per heavy atom. The van der Waals surface area contributed by atoms with Crippen LogP contribution >= 0.6 is 0 Å². The highest BCUT2D eigenvalue weighted by atomic mass is 32.2. The first kappa shape index (κ1) is 18.2. The van der Waals surface area contributed by atoms with Crippen molar-refractivity contribution in [3.63, 3.8) is 0 Å². The van der Waals surface area contributed by atoms with E-state index in [1.54, 1.807) is 30.6 Å². The second-order valence-corrected chi connectivity index (χ2v) is 5.57. The van der Waals surface area contributed by atoms with Gasteiger partial charge < -0.3 is 9.84 Å². The van der Waals surface area contributed by atoms with E-state index in [4.69, 9.17) is 14.0 Å². The van der Waals surface area contributed by atoms with Crippen LogP contribution < -0.4 is 0 Å². The first-order chi connectivity index (χ1) is 10.7. The standard InChI is InChI=1S/C10H14O5S.C5H5N/c11-6-7-14-8-9-15-16(12,13)10-4-2-1-3-5-10;1-2-4-6-5-3-1/h1-5,11H,6-9H2;1-5H. The summed E-state index contributed by atoms with van der Waals surface area (Å²) in [6.45, 7) is 0.157. The highest BCUT2D eigenvalue weighted by Gasteiger charge is 2.13. The number of pyridine rings is 1. The molecule has 2 rings (SSSR count). The Labute approximate surface area is 130 Å². The Bertz CT molecular complexity index is 563. The molecule has 22 heavy (non-hydrogen) atoms. The first-order valence-electron chi connectivity index (χ1n) is 6.65. The molecule has 7 heteroatoms. The second kappa shape index (κ2) is 10.9. The number of hydrogen-bond donors (Lipinski definition) is 1. The number of hydrogen-bond acceptors (Lipinski definition) is 6. The third-order valence-electron chi connectivity index (χ3n) is 2.30. The van der Waals surface area contributed by atoms with Gasteiger partial charge in [-0.05, 0) is 24.3 Å². The molecule has 0 radical (unpaired) electrons. The summed E-state index contributed by atoms with van der Waals surface area (Å²) >= 11 is 0. The summed E-state index contributed by atoms with van der Waals surface area (Å²) in [5.74, 6) is 0. The zero-order chi connectivity index (χ0) is 16.1. The lowest BCUT2D eigenvalue weighted by molar-refractivity contribution is 0.0719. The zero-order valence-electron chi connectivity index (χ0n) is 12.0. The molecule has 1 heterocycles. The molecule has 0 aliphatic carbocycles. The Morgan fingerprint density at radius 2 is 1.55 bits per heavy atom. The molecular weight excluding hydrogens is 306 g/mol. The van der Waals surface area contributed by atoms with Crippen LogP contribution in [0.4, 0.5) is 0 Å². The maximum Gasteiger partial charge on any atom is 0.297 e. The van der Waals surface area contributed by atoms with E-state index >= 15 is 0 Å². The maximum atomic E-state index is 11.5. The molecule has 120 valence electrons. The molecule has 1 aromatic heterocycles. The number of rotatable bonds is 7. The van der Waals surface area contributed by atoms with Crippen molar-refractivity contribution in [2.75, 3.05) is 26.4 Å². The summed E-state index contributed by atoms with van der Waals surface area (Å²) < 4.78 is 32.7. The van der Waals surface area contributed by atoms with E-state index in [2.05, 4.69) is 4.98 Å². The van der Waals surface area contributed by atoms with Crippen LogP contribution in [0.3, 0.4) is 0 Å². The van der Waals surface area contributed by atoms with Gasteiger partial charge in [0.1, 0.15) is 0 Å². The molecule has 0 aliphatic heterocycles. The van der Waals surface area contributed by atoms with Gasteiger partial charge in [-0.1, -0.05) is 24.3 Å². The number of aliphatic hydroxyl groups excluding tert-OH is 1. The van der Waals surface area contributed by atoms with Gasteiger partial charge in [-0.15, -0.1) is 0 Å². The summed E-state index contributed by atoms with van der Waals surface area (Å²) in [4.78, 5) is 3.91. The van der Waals surface area contributed by atoms with Crippen LogP contribution in [-0.4, -0.2) is 44.9 Å². The molecular formula is C15H19NO5S. The smallest absolute Gasteiger partial charge is 0.297 e. The Balaban J connectivity index is 0.000000335. The highest BCUT2D eigenvalue weighted by Crippen LogP contribution is 2.10. The Hall–Kier alpha value is -1.80. The molecule has 2 aromatic rings.